The highest BCUT2D eigenvalue weighted by atomic mass is 16.7. The summed E-state index contributed by atoms with van der Waals surface area (Å²) < 4.78 is 10.1. The third-order valence-corrected chi connectivity index (χ3v) is 4.16. The van der Waals surface area contributed by atoms with E-state index in [-0.39, 0.29) is 30.6 Å². The molecule has 0 aromatic carbocycles. The van der Waals surface area contributed by atoms with Gasteiger partial charge < -0.3 is 9.47 Å². The topological polar surface area (TPSA) is 52.6 Å². The van der Waals surface area contributed by atoms with E-state index in [1.165, 1.54) is 6.42 Å². The highest BCUT2D eigenvalue weighted by Crippen LogP contribution is 2.20. The van der Waals surface area contributed by atoms with E-state index in [9.17, 15) is 9.59 Å². The van der Waals surface area contributed by atoms with Gasteiger partial charge in [0.15, 0.2) is 0 Å². The predicted octanol–water partition coefficient (Wildman–Crippen LogP) is 3.83. The molecule has 0 N–H and O–H groups in total. The summed E-state index contributed by atoms with van der Waals surface area (Å²) in [6.45, 7) is 3.76. The lowest BCUT2D eigenvalue weighted by Crippen LogP contribution is -2.23. The highest BCUT2D eigenvalue weighted by molar-refractivity contribution is 5.74. The highest BCUT2D eigenvalue weighted by Gasteiger charge is 2.21. The fraction of sp³-hybridized carbons (Fsp3) is 0.875. The van der Waals surface area contributed by atoms with E-state index in [2.05, 4.69) is 0 Å². The van der Waals surface area contributed by atoms with Crippen LogP contribution in [-0.2, 0) is 19.1 Å². The molecule has 0 saturated carbocycles. The van der Waals surface area contributed by atoms with Gasteiger partial charge in [-0.05, 0) is 25.7 Å². The van der Waals surface area contributed by atoms with E-state index in [1.54, 1.807) is 0 Å². The molecule has 0 spiro atoms. The number of cyclic esters (lactones) is 2. The molecule has 1 aliphatic rings. The summed E-state index contributed by atoms with van der Waals surface area (Å²) in [5.41, 5.74) is 0. The standard InChI is InChI=1S/C16H28O4/c1-3-13-10-8-6-5-7-9-11-14(4-2)16(18)20-12-19-15(13)17/h13-14H,3-12H2,1-2H3. The minimum atomic E-state index is -0.231. The van der Waals surface area contributed by atoms with Crippen LogP contribution in [0.3, 0.4) is 0 Å². The quantitative estimate of drug-likeness (QED) is 0.723. The van der Waals surface area contributed by atoms with Crippen LogP contribution in [0.5, 0.6) is 0 Å². The van der Waals surface area contributed by atoms with Crippen molar-refractivity contribution in [2.24, 2.45) is 11.8 Å². The molecule has 0 aliphatic carbocycles. The van der Waals surface area contributed by atoms with E-state index < -0.39 is 0 Å². The maximum absolute atomic E-state index is 11.9. The number of ether oxygens (including phenoxy) is 2. The van der Waals surface area contributed by atoms with Gasteiger partial charge in [-0.15, -0.1) is 0 Å². The Labute approximate surface area is 122 Å². The fourth-order valence-electron chi connectivity index (χ4n) is 2.67. The molecular weight excluding hydrogens is 256 g/mol. The first-order valence-electron chi connectivity index (χ1n) is 8.02. The number of hydrogen-bond acceptors (Lipinski definition) is 4. The normalized spacial score (nSPS) is 27.3. The van der Waals surface area contributed by atoms with Crippen molar-refractivity contribution in [2.75, 3.05) is 6.79 Å². The number of esters is 2. The Kier molecular flexibility index (Phi) is 8.31. The van der Waals surface area contributed by atoms with E-state index in [0.29, 0.717) is 0 Å². The van der Waals surface area contributed by atoms with Gasteiger partial charge in [0, 0.05) is 0 Å². The Morgan fingerprint density at radius 3 is 1.60 bits per heavy atom. The van der Waals surface area contributed by atoms with E-state index in [4.69, 9.17) is 9.47 Å². The average molecular weight is 284 g/mol. The van der Waals surface area contributed by atoms with Gasteiger partial charge in [-0.2, -0.15) is 0 Å². The van der Waals surface area contributed by atoms with Gasteiger partial charge in [0.2, 0.25) is 6.79 Å². The molecule has 116 valence electrons. The molecule has 0 aromatic heterocycles. The van der Waals surface area contributed by atoms with Crippen LogP contribution >= 0.6 is 0 Å². The Morgan fingerprint density at radius 1 is 0.800 bits per heavy atom. The second kappa shape index (κ2) is 9.78. The molecule has 2 atom stereocenters. The summed E-state index contributed by atoms with van der Waals surface area (Å²) in [6, 6.07) is 0. The molecule has 1 heterocycles. The van der Waals surface area contributed by atoms with E-state index in [0.717, 1.165) is 51.4 Å². The van der Waals surface area contributed by atoms with Gasteiger partial charge in [-0.25, -0.2) is 0 Å². The van der Waals surface area contributed by atoms with Gasteiger partial charge in [0.05, 0.1) is 11.8 Å². The van der Waals surface area contributed by atoms with Crippen molar-refractivity contribution in [2.45, 2.75) is 71.6 Å². The summed E-state index contributed by atoms with van der Waals surface area (Å²) in [4.78, 5) is 23.7. The maximum Gasteiger partial charge on any atom is 0.311 e. The second-order valence-corrected chi connectivity index (χ2v) is 5.60. The Balaban J connectivity index is 2.53. The van der Waals surface area contributed by atoms with E-state index >= 15 is 0 Å². The average Bonchev–Trinajstić information content (AvgIpc) is 2.45. The molecule has 4 heteroatoms. The number of carbonyl (C=O) groups is 2. The van der Waals surface area contributed by atoms with Crippen LogP contribution in [0.2, 0.25) is 0 Å². The van der Waals surface area contributed by atoms with E-state index in [1.807, 2.05) is 13.8 Å². The molecular formula is C16H28O4. The first-order valence-corrected chi connectivity index (χ1v) is 8.02. The summed E-state index contributed by atoms with van der Waals surface area (Å²) in [5, 5.41) is 0. The third-order valence-electron chi connectivity index (χ3n) is 4.16. The molecule has 1 saturated heterocycles. The zero-order valence-electron chi connectivity index (χ0n) is 12.9. The fourth-order valence-corrected chi connectivity index (χ4v) is 2.67. The van der Waals surface area contributed by atoms with Gasteiger partial charge in [-0.3, -0.25) is 9.59 Å². The molecule has 1 fully saturated rings. The molecule has 2 unspecified atom stereocenters. The number of rotatable bonds is 2. The van der Waals surface area contributed by atoms with Crippen molar-refractivity contribution in [3.05, 3.63) is 0 Å². The van der Waals surface area contributed by atoms with Crippen molar-refractivity contribution < 1.29 is 19.1 Å². The molecule has 0 bridgehead atoms. The Morgan fingerprint density at radius 2 is 1.20 bits per heavy atom. The van der Waals surface area contributed by atoms with Crippen LogP contribution in [0.1, 0.15) is 71.6 Å². The number of carbonyl (C=O) groups excluding carboxylic acids is 2. The largest absolute Gasteiger partial charge is 0.428 e. The Bertz CT molecular complexity index is 273. The molecule has 1 aliphatic heterocycles. The summed E-state index contributed by atoms with van der Waals surface area (Å²) >= 11 is 0. The number of hydrogen-bond donors (Lipinski definition) is 0. The summed E-state index contributed by atoms with van der Waals surface area (Å²) in [5.74, 6) is -0.576. The first-order chi connectivity index (χ1) is 9.69. The zero-order chi connectivity index (χ0) is 14.8. The van der Waals surface area contributed by atoms with Gasteiger partial charge in [0.25, 0.3) is 0 Å². The maximum atomic E-state index is 11.9. The van der Waals surface area contributed by atoms with Crippen molar-refractivity contribution in [3.8, 4) is 0 Å². The smallest absolute Gasteiger partial charge is 0.311 e. The van der Waals surface area contributed by atoms with Crippen molar-refractivity contribution >= 4 is 11.9 Å². The monoisotopic (exact) mass is 284 g/mol. The molecule has 1 rings (SSSR count). The minimum absolute atomic E-state index is 0.0568. The first kappa shape index (κ1) is 17.0. The predicted molar refractivity (Wildman–Crippen MR) is 76.9 cm³/mol. The van der Waals surface area contributed by atoms with Crippen molar-refractivity contribution in [1.82, 2.24) is 0 Å². The third kappa shape index (κ3) is 5.93. The second-order valence-electron chi connectivity index (χ2n) is 5.60. The lowest BCUT2D eigenvalue weighted by atomic mass is 9.96. The van der Waals surface area contributed by atoms with Gasteiger partial charge in [-0.1, -0.05) is 46.0 Å². The molecule has 0 aromatic rings. The summed E-state index contributed by atoms with van der Waals surface area (Å²) in [6.07, 6.45) is 8.96. The van der Waals surface area contributed by atoms with Gasteiger partial charge >= 0.3 is 11.9 Å². The molecule has 0 amide bonds. The van der Waals surface area contributed by atoms with Crippen molar-refractivity contribution in [1.29, 1.82) is 0 Å². The lowest BCUT2D eigenvalue weighted by molar-refractivity contribution is -0.173. The molecule has 0 radical (unpaired) electrons. The SMILES string of the molecule is CCC1CCCCCCCC(CC)C(=O)OCOC1=O. The van der Waals surface area contributed by atoms with Crippen LogP contribution in [-0.4, -0.2) is 18.7 Å². The van der Waals surface area contributed by atoms with Crippen LogP contribution in [0, 0.1) is 11.8 Å². The summed E-state index contributed by atoms with van der Waals surface area (Å²) in [7, 11) is 0. The van der Waals surface area contributed by atoms with Crippen LogP contribution in [0.4, 0.5) is 0 Å². The van der Waals surface area contributed by atoms with Gasteiger partial charge in [0.1, 0.15) is 0 Å². The van der Waals surface area contributed by atoms with Crippen molar-refractivity contribution in [3.63, 3.8) is 0 Å². The van der Waals surface area contributed by atoms with Crippen LogP contribution in [0.15, 0.2) is 0 Å². The zero-order valence-corrected chi connectivity index (χ0v) is 12.9. The van der Waals surface area contributed by atoms with Crippen LogP contribution < -0.4 is 0 Å². The molecule has 4 nitrogen and oxygen atoms in total. The minimum Gasteiger partial charge on any atom is -0.428 e. The lowest BCUT2D eigenvalue weighted by Gasteiger charge is -2.17. The van der Waals surface area contributed by atoms with Crippen LogP contribution in [0.25, 0.3) is 0 Å². The Hall–Kier alpha value is -1.06. The molecule has 20 heavy (non-hydrogen) atoms.